The molecule has 124 valence electrons. The van der Waals surface area contributed by atoms with Gasteiger partial charge in [0.25, 0.3) is 0 Å². The summed E-state index contributed by atoms with van der Waals surface area (Å²) < 4.78 is 37.7. The number of nitrogens with zero attached hydrogens (tertiary/aromatic N) is 1. The number of nitrogens with two attached hydrogens (primary N) is 1. The van der Waals surface area contributed by atoms with Gasteiger partial charge in [0.15, 0.2) is 5.96 Å². The normalized spacial score (nSPS) is 28.2. The van der Waals surface area contributed by atoms with Crippen molar-refractivity contribution in [1.82, 2.24) is 5.32 Å². The Morgan fingerprint density at radius 2 is 1.62 bits per heavy atom. The van der Waals surface area contributed by atoms with Crippen molar-refractivity contribution in [2.45, 2.75) is 63.6 Å². The molecule has 2 aliphatic carbocycles. The van der Waals surface area contributed by atoms with Crippen molar-refractivity contribution in [2.24, 2.45) is 22.6 Å². The number of guanidine groups is 1. The first-order valence-electron chi connectivity index (χ1n) is 7.58. The van der Waals surface area contributed by atoms with Gasteiger partial charge in [-0.3, -0.25) is 4.99 Å². The first kappa shape index (κ1) is 18.8. The summed E-state index contributed by atoms with van der Waals surface area (Å²) in [4.78, 5) is 4.30. The van der Waals surface area contributed by atoms with E-state index in [2.05, 4.69) is 10.3 Å². The Morgan fingerprint density at radius 1 is 1.05 bits per heavy atom. The SMILES string of the molecule is I.NC(=NCC1CCC(C(F)(F)F)CC1)NC1CCCC1. The molecule has 0 amide bonds. The summed E-state index contributed by atoms with van der Waals surface area (Å²) in [5.41, 5.74) is 5.83. The monoisotopic (exact) mass is 419 g/mol. The number of alkyl halides is 3. The zero-order valence-corrected chi connectivity index (χ0v) is 14.5. The second kappa shape index (κ2) is 8.43. The Bertz CT molecular complexity index is 333. The van der Waals surface area contributed by atoms with Gasteiger partial charge in [-0.2, -0.15) is 13.2 Å². The second-order valence-corrected chi connectivity index (χ2v) is 6.11. The number of hydrogen-bond donors (Lipinski definition) is 2. The fraction of sp³-hybridized carbons (Fsp3) is 0.929. The highest BCUT2D eigenvalue weighted by Crippen LogP contribution is 2.39. The summed E-state index contributed by atoms with van der Waals surface area (Å²) in [6.45, 7) is 0.552. The summed E-state index contributed by atoms with van der Waals surface area (Å²) in [5.74, 6) is -0.413. The van der Waals surface area contributed by atoms with Crippen LogP contribution in [0.1, 0.15) is 51.4 Å². The van der Waals surface area contributed by atoms with Crippen LogP contribution in [0.15, 0.2) is 4.99 Å². The van der Waals surface area contributed by atoms with Crippen LogP contribution in [0.25, 0.3) is 0 Å². The number of nitrogens with one attached hydrogen (secondary N) is 1. The topological polar surface area (TPSA) is 50.4 Å². The predicted octanol–water partition coefficient (Wildman–Crippen LogP) is 3.82. The highest BCUT2D eigenvalue weighted by Gasteiger charge is 2.41. The number of aliphatic imine (C=N–C) groups is 1. The smallest absolute Gasteiger partial charge is 0.370 e. The van der Waals surface area contributed by atoms with Gasteiger partial charge < -0.3 is 11.1 Å². The molecule has 0 atom stereocenters. The fourth-order valence-electron chi connectivity index (χ4n) is 3.22. The van der Waals surface area contributed by atoms with Crippen molar-refractivity contribution in [2.75, 3.05) is 6.54 Å². The molecule has 21 heavy (non-hydrogen) atoms. The highest BCUT2D eigenvalue weighted by molar-refractivity contribution is 14.0. The maximum absolute atomic E-state index is 12.6. The minimum Gasteiger partial charge on any atom is -0.370 e. The van der Waals surface area contributed by atoms with E-state index in [1.165, 1.54) is 12.8 Å². The molecule has 7 heteroatoms. The molecule has 0 aromatic rings. The molecule has 2 aliphatic rings. The van der Waals surface area contributed by atoms with Crippen molar-refractivity contribution in [3.8, 4) is 0 Å². The van der Waals surface area contributed by atoms with Crippen molar-refractivity contribution >= 4 is 29.9 Å². The molecule has 2 fully saturated rings. The zero-order valence-electron chi connectivity index (χ0n) is 12.2. The van der Waals surface area contributed by atoms with Crippen LogP contribution in [-0.2, 0) is 0 Å². The van der Waals surface area contributed by atoms with E-state index >= 15 is 0 Å². The van der Waals surface area contributed by atoms with Gasteiger partial charge in [-0.15, -0.1) is 24.0 Å². The standard InChI is InChI=1S/C14H24F3N3.HI/c15-14(16,17)11-7-5-10(6-8-11)9-19-13(18)20-12-3-1-2-4-12;/h10-12H,1-9H2,(H3,18,19,20);1H. The summed E-state index contributed by atoms with van der Waals surface area (Å²) in [6.07, 6.45) is 2.37. The molecule has 0 bridgehead atoms. The molecule has 3 nitrogen and oxygen atoms in total. The molecule has 0 heterocycles. The molecule has 0 spiro atoms. The van der Waals surface area contributed by atoms with Crippen molar-refractivity contribution in [3.05, 3.63) is 0 Å². The lowest BCUT2D eigenvalue weighted by Gasteiger charge is -2.29. The van der Waals surface area contributed by atoms with Crippen molar-refractivity contribution < 1.29 is 13.2 Å². The summed E-state index contributed by atoms with van der Waals surface area (Å²) in [6, 6.07) is 0.430. The minimum absolute atomic E-state index is 0. The molecular formula is C14H25F3IN3. The lowest BCUT2D eigenvalue weighted by Crippen LogP contribution is -2.39. The van der Waals surface area contributed by atoms with Gasteiger partial charge in [0, 0.05) is 12.6 Å². The molecular weight excluding hydrogens is 394 g/mol. The molecule has 0 aromatic carbocycles. The lowest BCUT2D eigenvalue weighted by molar-refractivity contribution is -0.183. The Hall–Kier alpha value is -0.210. The minimum atomic E-state index is -4.03. The summed E-state index contributed by atoms with van der Waals surface area (Å²) in [5, 5.41) is 3.20. The molecule has 0 radical (unpaired) electrons. The average Bonchev–Trinajstić information content (AvgIpc) is 2.88. The van der Waals surface area contributed by atoms with Crippen LogP contribution in [0.4, 0.5) is 13.2 Å². The Morgan fingerprint density at radius 3 is 2.14 bits per heavy atom. The largest absolute Gasteiger partial charge is 0.391 e. The third kappa shape index (κ3) is 6.20. The first-order chi connectivity index (χ1) is 9.45. The molecule has 0 unspecified atom stereocenters. The van der Waals surface area contributed by atoms with Crippen LogP contribution in [0.5, 0.6) is 0 Å². The fourth-order valence-corrected chi connectivity index (χ4v) is 3.22. The average molecular weight is 419 g/mol. The number of rotatable bonds is 3. The van der Waals surface area contributed by atoms with Gasteiger partial charge in [0.1, 0.15) is 0 Å². The Labute approximate surface area is 141 Å². The summed E-state index contributed by atoms with van der Waals surface area (Å²) in [7, 11) is 0. The van der Waals surface area contributed by atoms with E-state index in [1.807, 2.05) is 0 Å². The van der Waals surface area contributed by atoms with Crippen LogP contribution in [0.3, 0.4) is 0 Å². The molecule has 3 N–H and O–H groups in total. The van der Waals surface area contributed by atoms with Crippen LogP contribution in [0, 0.1) is 11.8 Å². The maximum atomic E-state index is 12.6. The number of halogens is 4. The van der Waals surface area contributed by atoms with Gasteiger partial charge in [-0.05, 0) is 44.4 Å². The molecule has 0 saturated heterocycles. The van der Waals surface area contributed by atoms with Gasteiger partial charge in [0.2, 0.25) is 0 Å². The Kier molecular flexibility index (Phi) is 7.56. The molecule has 0 aliphatic heterocycles. The second-order valence-electron chi connectivity index (χ2n) is 6.11. The van der Waals surface area contributed by atoms with Crippen LogP contribution < -0.4 is 11.1 Å². The summed E-state index contributed by atoms with van der Waals surface area (Å²) >= 11 is 0. The van der Waals surface area contributed by atoms with Crippen LogP contribution in [-0.4, -0.2) is 24.7 Å². The van der Waals surface area contributed by atoms with Gasteiger partial charge in [0.05, 0.1) is 5.92 Å². The van der Waals surface area contributed by atoms with Crippen molar-refractivity contribution in [1.29, 1.82) is 0 Å². The number of hydrogen-bond acceptors (Lipinski definition) is 1. The zero-order chi connectivity index (χ0) is 14.6. The van der Waals surface area contributed by atoms with Crippen LogP contribution >= 0.6 is 24.0 Å². The van der Waals surface area contributed by atoms with E-state index in [9.17, 15) is 13.2 Å². The van der Waals surface area contributed by atoms with E-state index in [4.69, 9.17) is 5.73 Å². The third-order valence-electron chi connectivity index (χ3n) is 4.54. The Balaban J connectivity index is 0.00000220. The van der Waals surface area contributed by atoms with E-state index in [0.717, 1.165) is 12.8 Å². The van der Waals surface area contributed by atoms with E-state index in [-0.39, 0.29) is 42.7 Å². The molecule has 2 saturated carbocycles. The highest BCUT2D eigenvalue weighted by atomic mass is 127. The van der Waals surface area contributed by atoms with Gasteiger partial charge >= 0.3 is 6.18 Å². The van der Waals surface area contributed by atoms with Crippen LogP contribution in [0.2, 0.25) is 0 Å². The lowest BCUT2D eigenvalue weighted by atomic mass is 9.82. The molecule has 0 aromatic heterocycles. The van der Waals surface area contributed by atoms with Crippen molar-refractivity contribution in [3.63, 3.8) is 0 Å². The quantitative estimate of drug-likeness (QED) is 0.415. The predicted molar refractivity (Wildman–Crippen MR) is 88.8 cm³/mol. The van der Waals surface area contributed by atoms with E-state index in [0.29, 0.717) is 31.4 Å². The van der Waals surface area contributed by atoms with E-state index in [1.54, 1.807) is 0 Å². The van der Waals surface area contributed by atoms with Gasteiger partial charge in [-0.1, -0.05) is 12.8 Å². The third-order valence-corrected chi connectivity index (χ3v) is 4.54. The molecule has 2 rings (SSSR count). The van der Waals surface area contributed by atoms with Gasteiger partial charge in [-0.25, -0.2) is 0 Å². The van der Waals surface area contributed by atoms with E-state index < -0.39 is 12.1 Å². The first-order valence-corrected chi connectivity index (χ1v) is 7.58. The maximum Gasteiger partial charge on any atom is 0.391 e.